The fourth-order valence-electron chi connectivity index (χ4n) is 1.70. The van der Waals surface area contributed by atoms with E-state index in [1.807, 2.05) is 6.26 Å². The molecule has 0 bridgehead atoms. The van der Waals surface area contributed by atoms with Crippen LogP contribution in [0.5, 0.6) is 0 Å². The molecular formula is C12H19N3O4S2. The zero-order valence-corrected chi connectivity index (χ0v) is 13.6. The maximum absolute atomic E-state index is 12.1. The zero-order chi connectivity index (χ0) is 15.9. The van der Waals surface area contributed by atoms with Crippen molar-refractivity contribution in [3.05, 3.63) is 28.3 Å². The molecule has 21 heavy (non-hydrogen) atoms. The number of nitrogens with zero attached hydrogens (tertiary/aromatic N) is 1. The van der Waals surface area contributed by atoms with Gasteiger partial charge in [0.15, 0.2) is 0 Å². The molecule has 1 aromatic rings. The van der Waals surface area contributed by atoms with Crippen molar-refractivity contribution in [2.75, 3.05) is 30.9 Å². The average molecular weight is 333 g/mol. The molecule has 0 unspecified atom stereocenters. The summed E-state index contributed by atoms with van der Waals surface area (Å²) in [5, 5.41) is 13.6. The van der Waals surface area contributed by atoms with Crippen LogP contribution in [0.25, 0.3) is 0 Å². The van der Waals surface area contributed by atoms with Gasteiger partial charge in [0, 0.05) is 19.7 Å². The summed E-state index contributed by atoms with van der Waals surface area (Å²) < 4.78 is 26.6. The molecule has 0 saturated heterocycles. The summed E-state index contributed by atoms with van der Waals surface area (Å²) in [6.45, 7) is 0.324. The summed E-state index contributed by atoms with van der Waals surface area (Å²) in [6, 6.07) is 3.81. The molecular weight excluding hydrogens is 314 g/mol. The van der Waals surface area contributed by atoms with Crippen molar-refractivity contribution >= 4 is 33.2 Å². The molecule has 0 atom stereocenters. The minimum absolute atomic E-state index is 0.0990. The number of hydrogen-bond donors (Lipinski definition) is 2. The summed E-state index contributed by atoms with van der Waals surface area (Å²) in [7, 11) is -2.18. The average Bonchev–Trinajstić information content (AvgIpc) is 2.46. The summed E-state index contributed by atoms with van der Waals surface area (Å²) in [4.78, 5) is 10.2. The predicted octanol–water partition coefficient (Wildman–Crippen LogP) is 2.06. The van der Waals surface area contributed by atoms with Crippen molar-refractivity contribution < 1.29 is 13.3 Å². The van der Waals surface area contributed by atoms with Gasteiger partial charge in [-0.15, -0.1) is 0 Å². The number of rotatable bonds is 9. The first-order chi connectivity index (χ1) is 9.92. The van der Waals surface area contributed by atoms with Crippen LogP contribution in [0.3, 0.4) is 0 Å². The number of anilines is 1. The maximum Gasteiger partial charge on any atom is 0.293 e. The van der Waals surface area contributed by atoms with Crippen molar-refractivity contribution in [2.45, 2.75) is 17.7 Å². The molecule has 0 radical (unpaired) electrons. The van der Waals surface area contributed by atoms with Crippen LogP contribution in [-0.2, 0) is 10.0 Å². The third kappa shape index (κ3) is 5.18. The van der Waals surface area contributed by atoms with E-state index < -0.39 is 14.9 Å². The Labute approximate surface area is 128 Å². The standard InChI is InChI=1S/C12H19N3O4S2/c1-13-11-6-5-10(9-12(11)15(16)17)21(18,19)14-7-3-4-8-20-2/h5-6,9,13-14H,3-4,7-8H2,1-2H3. The smallest absolute Gasteiger partial charge is 0.293 e. The topological polar surface area (TPSA) is 101 Å². The molecule has 7 nitrogen and oxygen atoms in total. The van der Waals surface area contributed by atoms with Gasteiger partial charge < -0.3 is 5.32 Å². The van der Waals surface area contributed by atoms with Crippen molar-refractivity contribution in [3.8, 4) is 0 Å². The van der Waals surface area contributed by atoms with Crippen LogP contribution >= 0.6 is 11.8 Å². The van der Waals surface area contributed by atoms with E-state index in [9.17, 15) is 18.5 Å². The Kier molecular flexibility index (Phi) is 6.93. The Morgan fingerprint density at radius 2 is 2.05 bits per heavy atom. The summed E-state index contributed by atoms with van der Waals surface area (Å²) in [6.07, 6.45) is 3.64. The molecule has 0 aromatic heterocycles. The first-order valence-corrected chi connectivity index (χ1v) is 9.25. The molecule has 0 amide bonds. The number of hydrogen-bond acceptors (Lipinski definition) is 6. The SMILES string of the molecule is CNc1ccc(S(=O)(=O)NCCCCSC)cc1[N+](=O)[O-]. The van der Waals surface area contributed by atoms with Crippen LogP contribution in [0.4, 0.5) is 11.4 Å². The van der Waals surface area contributed by atoms with E-state index in [0.29, 0.717) is 6.54 Å². The minimum atomic E-state index is -3.72. The van der Waals surface area contributed by atoms with Gasteiger partial charge in [0.05, 0.1) is 9.82 Å². The van der Waals surface area contributed by atoms with Crippen LogP contribution in [0.15, 0.2) is 23.1 Å². The van der Waals surface area contributed by atoms with Crippen molar-refractivity contribution in [1.82, 2.24) is 4.72 Å². The molecule has 0 spiro atoms. The van der Waals surface area contributed by atoms with Gasteiger partial charge in [-0.3, -0.25) is 10.1 Å². The Bertz CT molecular complexity index is 590. The fraction of sp³-hybridized carbons (Fsp3) is 0.500. The van der Waals surface area contributed by atoms with Crippen molar-refractivity contribution in [2.24, 2.45) is 0 Å². The van der Waals surface area contributed by atoms with E-state index in [1.54, 1.807) is 18.8 Å². The van der Waals surface area contributed by atoms with E-state index in [2.05, 4.69) is 10.0 Å². The Morgan fingerprint density at radius 1 is 1.33 bits per heavy atom. The zero-order valence-electron chi connectivity index (χ0n) is 12.0. The number of nitro groups is 1. The van der Waals surface area contributed by atoms with Crippen LogP contribution in [0.2, 0.25) is 0 Å². The number of nitro benzene ring substituents is 1. The van der Waals surface area contributed by atoms with E-state index in [0.717, 1.165) is 24.7 Å². The number of benzene rings is 1. The van der Waals surface area contributed by atoms with Gasteiger partial charge in [0.2, 0.25) is 10.0 Å². The monoisotopic (exact) mass is 333 g/mol. The molecule has 0 saturated carbocycles. The molecule has 1 aromatic carbocycles. The third-order valence-electron chi connectivity index (χ3n) is 2.81. The maximum atomic E-state index is 12.1. The number of unbranched alkanes of at least 4 members (excludes halogenated alkanes) is 1. The van der Waals surface area contributed by atoms with Crippen LogP contribution in [-0.4, -0.2) is 38.9 Å². The van der Waals surface area contributed by atoms with Crippen LogP contribution in [0, 0.1) is 10.1 Å². The second kappa shape index (κ2) is 8.20. The van der Waals surface area contributed by atoms with Crippen LogP contribution < -0.4 is 10.0 Å². The molecule has 1 rings (SSSR count). The highest BCUT2D eigenvalue weighted by Crippen LogP contribution is 2.26. The Morgan fingerprint density at radius 3 is 2.62 bits per heavy atom. The lowest BCUT2D eigenvalue weighted by Crippen LogP contribution is -2.25. The number of nitrogens with one attached hydrogen (secondary N) is 2. The van der Waals surface area contributed by atoms with E-state index in [4.69, 9.17) is 0 Å². The Hall–Kier alpha value is -1.32. The number of sulfonamides is 1. The van der Waals surface area contributed by atoms with Gasteiger partial charge in [0.1, 0.15) is 5.69 Å². The molecule has 9 heteroatoms. The second-order valence-corrected chi connectivity index (χ2v) is 7.04. The van der Waals surface area contributed by atoms with Gasteiger partial charge in [0.25, 0.3) is 5.69 Å². The Balaban J connectivity index is 2.83. The molecule has 118 valence electrons. The second-order valence-electron chi connectivity index (χ2n) is 4.28. The quantitative estimate of drug-likeness (QED) is 0.407. The lowest BCUT2D eigenvalue weighted by molar-refractivity contribution is -0.384. The lowest BCUT2D eigenvalue weighted by Gasteiger charge is -2.08. The highest BCUT2D eigenvalue weighted by molar-refractivity contribution is 7.98. The van der Waals surface area contributed by atoms with E-state index in [1.165, 1.54) is 12.1 Å². The largest absolute Gasteiger partial charge is 0.383 e. The number of thioether (sulfide) groups is 1. The molecule has 0 aliphatic carbocycles. The van der Waals surface area contributed by atoms with E-state index >= 15 is 0 Å². The molecule has 0 aliphatic heterocycles. The fourth-order valence-corrected chi connectivity index (χ4v) is 3.29. The molecule has 2 N–H and O–H groups in total. The van der Waals surface area contributed by atoms with Gasteiger partial charge in [-0.2, -0.15) is 11.8 Å². The molecule has 0 fully saturated rings. The predicted molar refractivity (Wildman–Crippen MR) is 85.4 cm³/mol. The molecule has 0 aliphatic rings. The highest BCUT2D eigenvalue weighted by atomic mass is 32.2. The normalized spacial score (nSPS) is 11.3. The van der Waals surface area contributed by atoms with Gasteiger partial charge in [-0.1, -0.05) is 0 Å². The summed E-state index contributed by atoms with van der Waals surface area (Å²) in [5.74, 6) is 0.976. The first kappa shape index (κ1) is 17.7. The van der Waals surface area contributed by atoms with Gasteiger partial charge >= 0.3 is 0 Å². The van der Waals surface area contributed by atoms with Crippen molar-refractivity contribution in [1.29, 1.82) is 0 Å². The van der Waals surface area contributed by atoms with Crippen molar-refractivity contribution in [3.63, 3.8) is 0 Å². The first-order valence-electron chi connectivity index (χ1n) is 6.37. The van der Waals surface area contributed by atoms with Crippen LogP contribution in [0.1, 0.15) is 12.8 Å². The lowest BCUT2D eigenvalue weighted by atomic mass is 10.3. The minimum Gasteiger partial charge on any atom is -0.383 e. The van der Waals surface area contributed by atoms with Gasteiger partial charge in [-0.25, -0.2) is 13.1 Å². The third-order valence-corrected chi connectivity index (χ3v) is 4.97. The molecule has 0 heterocycles. The highest BCUT2D eigenvalue weighted by Gasteiger charge is 2.20. The van der Waals surface area contributed by atoms with Gasteiger partial charge in [-0.05, 0) is 37.0 Å². The van der Waals surface area contributed by atoms with E-state index in [-0.39, 0.29) is 16.3 Å². The summed E-state index contributed by atoms with van der Waals surface area (Å²) >= 11 is 1.71. The summed E-state index contributed by atoms with van der Waals surface area (Å²) in [5.41, 5.74) is 0.0154.